The SMILES string of the molecule is CNCC1CC(OC2CCCCNC2=O)C1. The van der Waals surface area contributed by atoms with Crippen LogP contribution in [0.15, 0.2) is 0 Å². The Morgan fingerprint density at radius 2 is 2.25 bits per heavy atom. The molecule has 2 fully saturated rings. The van der Waals surface area contributed by atoms with Gasteiger partial charge in [0.25, 0.3) is 0 Å². The van der Waals surface area contributed by atoms with E-state index in [1.807, 2.05) is 7.05 Å². The molecule has 1 amide bonds. The first-order chi connectivity index (χ1) is 7.79. The molecule has 0 bridgehead atoms. The minimum Gasteiger partial charge on any atom is -0.365 e. The lowest BCUT2D eigenvalue weighted by molar-refractivity contribution is -0.143. The summed E-state index contributed by atoms with van der Waals surface area (Å²) in [6.07, 6.45) is 5.39. The fourth-order valence-electron chi connectivity index (χ4n) is 2.51. The summed E-state index contributed by atoms with van der Waals surface area (Å²) < 4.78 is 5.86. The van der Waals surface area contributed by atoms with E-state index in [2.05, 4.69) is 10.6 Å². The zero-order valence-electron chi connectivity index (χ0n) is 10.00. The number of carbonyl (C=O) groups excluding carboxylic acids is 1. The van der Waals surface area contributed by atoms with Gasteiger partial charge in [-0.2, -0.15) is 0 Å². The molecule has 92 valence electrons. The van der Waals surface area contributed by atoms with Gasteiger partial charge in [0.05, 0.1) is 6.10 Å². The van der Waals surface area contributed by atoms with E-state index in [4.69, 9.17) is 4.74 Å². The van der Waals surface area contributed by atoms with Crippen molar-refractivity contribution in [2.24, 2.45) is 5.92 Å². The predicted molar refractivity (Wildman–Crippen MR) is 62.2 cm³/mol. The number of nitrogens with one attached hydrogen (secondary N) is 2. The third-order valence-electron chi connectivity index (χ3n) is 3.53. The molecule has 0 aromatic rings. The van der Waals surface area contributed by atoms with Crippen molar-refractivity contribution in [2.75, 3.05) is 20.1 Å². The zero-order valence-corrected chi connectivity index (χ0v) is 10.00. The summed E-state index contributed by atoms with van der Waals surface area (Å²) in [5.74, 6) is 0.832. The fourth-order valence-corrected chi connectivity index (χ4v) is 2.51. The Morgan fingerprint density at radius 3 is 3.00 bits per heavy atom. The van der Waals surface area contributed by atoms with Gasteiger partial charge in [0.15, 0.2) is 0 Å². The van der Waals surface area contributed by atoms with Crippen molar-refractivity contribution in [3.8, 4) is 0 Å². The van der Waals surface area contributed by atoms with Gasteiger partial charge in [-0.3, -0.25) is 4.79 Å². The minimum atomic E-state index is -0.192. The molecular formula is C12H22N2O2. The third kappa shape index (κ3) is 2.95. The molecule has 0 aromatic heterocycles. The van der Waals surface area contributed by atoms with Crippen LogP contribution >= 0.6 is 0 Å². The molecule has 1 heterocycles. The van der Waals surface area contributed by atoms with E-state index in [1.165, 1.54) is 0 Å². The fraction of sp³-hybridized carbons (Fsp3) is 0.917. The van der Waals surface area contributed by atoms with Crippen molar-refractivity contribution < 1.29 is 9.53 Å². The lowest BCUT2D eigenvalue weighted by Crippen LogP contribution is -2.43. The van der Waals surface area contributed by atoms with Crippen LogP contribution in [-0.2, 0) is 9.53 Å². The van der Waals surface area contributed by atoms with Gasteiger partial charge < -0.3 is 15.4 Å². The summed E-state index contributed by atoms with van der Waals surface area (Å²) in [6.45, 7) is 1.88. The first-order valence-electron chi connectivity index (χ1n) is 6.37. The van der Waals surface area contributed by atoms with E-state index in [0.29, 0.717) is 6.10 Å². The number of hydrogen-bond acceptors (Lipinski definition) is 3. The number of carbonyl (C=O) groups is 1. The van der Waals surface area contributed by atoms with Gasteiger partial charge in [0.1, 0.15) is 6.10 Å². The second-order valence-electron chi connectivity index (χ2n) is 4.93. The van der Waals surface area contributed by atoms with Gasteiger partial charge in [0, 0.05) is 6.54 Å². The van der Waals surface area contributed by atoms with Crippen molar-refractivity contribution in [2.45, 2.75) is 44.3 Å². The Morgan fingerprint density at radius 1 is 1.44 bits per heavy atom. The Hall–Kier alpha value is -0.610. The third-order valence-corrected chi connectivity index (χ3v) is 3.53. The van der Waals surface area contributed by atoms with Crippen LogP contribution in [0, 0.1) is 5.92 Å². The van der Waals surface area contributed by atoms with Gasteiger partial charge in [-0.25, -0.2) is 0 Å². The molecule has 0 aromatic carbocycles. The molecule has 1 aliphatic carbocycles. The maximum atomic E-state index is 11.6. The Balaban J connectivity index is 1.71. The minimum absolute atomic E-state index is 0.0922. The molecular weight excluding hydrogens is 204 g/mol. The summed E-state index contributed by atoms with van der Waals surface area (Å²) >= 11 is 0. The summed E-state index contributed by atoms with van der Waals surface area (Å²) in [7, 11) is 1.98. The van der Waals surface area contributed by atoms with E-state index in [0.717, 1.165) is 51.1 Å². The van der Waals surface area contributed by atoms with E-state index < -0.39 is 0 Å². The molecule has 1 saturated heterocycles. The van der Waals surface area contributed by atoms with E-state index in [9.17, 15) is 4.79 Å². The summed E-state index contributed by atoms with van der Waals surface area (Å²) in [4.78, 5) is 11.6. The van der Waals surface area contributed by atoms with E-state index >= 15 is 0 Å². The Kier molecular flexibility index (Phi) is 4.18. The molecule has 1 aliphatic heterocycles. The molecule has 2 rings (SSSR count). The van der Waals surface area contributed by atoms with E-state index in [1.54, 1.807) is 0 Å². The molecule has 1 saturated carbocycles. The molecule has 2 aliphatic rings. The lowest BCUT2D eigenvalue weighted by Gasteiger charge is -2.36. The highest BCUT2D eigenvalue weighted by Gasteiger charge is 2.33. The van der Waals surface area contributed by atoms with Gasteiger partial charge in [-0.05, 0) is 51.6 Å². The quantitative estimate of drug-likeness (QED) is 0.741. The highest BCUT2D eigenvalue weighted by molar-refractivity contribution is 5.80. The zero-order chi connectivity index (χ0) is 11.4. The van der Waals surface area contributed by atoms with Crippen LogP contribution in [0.2, 0.25) is 0 Å². The van der Waals surface area contributed by atoms with Gasteiger partial charge in [0.2, 0.25) is 5.91 Å². The van der Waals surface area contributed by atoms with Crippen molar-refractivity contribution in [1.29, 1.82) is 0 Å². The van der Waals surface area contributed by atoms with Crippen LogP contribution in [0.3, 0.4) is 0 Å². The second-order valence-corrected chi connectivity index (χ2v) is 4.93. The molecule has 0 spiro atoms. The monoisotopic (exact) mass is 226 g/mol. The molecule has 0 radical (unpaired) electrons. The topological polar surface area (TPSA) is 50.4 Å². The highest BCUT2D eigenvalue weighted by atomic mass is 16.5. The highest BCUT2D eigenvalue weighted by Crippen LogP contribution is 2.31. The van der Waals surface area contributed by atoms with E-state index in [-0.39, 0.29) is 12.0 Å². The van der Waals surface area contributed by atoms with Crippen LogP contribution in [0.4, 0.5) is 0 Å². The number of rotatable bonds is 4. The first kappa shape index (κ1) is 11.9. The van der Waals surface area contributed by atoms with Crippen molar-refractivity contribution in [3.05, 3.63) is 0 Å². The second kappa shape index (κ2) is 5.64. The van der Waals surface area contributed by atoms with Crippen molar-refractivity contribution in [3.63, 3.8) is 0 Å². The van der Waals surface area contributed by atoms with Gasteiger partial charge >= 0.3 is 0 Å². The lowest BCUT2D eigenvalue weighted by atomic mass is 9.82. The normalized spacial score (nSPS) is 35.1. The van der Waals surface area contributed by atoms with Gasteiger partial charge in [-0.1, -0.05) is 0 Å². The largest absolute Gasteiger partial charge is 0.365 e. The van der Waals surface area contributed by atoms with Crippen LogP contribution < -0.4 is 10.6 Å². The van der Waals surface area contributed by atoms with Crippen LogP contribution in [0.25, 0.3) is 0 Å². The van der Waals surface area contributed by atoms with Crippen LogP contribution in [0.1, 0.15) is 32.1 Å². The maximum Gasteiger partial charge on any atom is 0.249 e. The summed E-state index contributed by atoms with van der Waals surface area (Å²) in [5.41, 5.74) is 0. The number of amides is 1. The average molecular weight is 226 g/mol. The Labute approximate surface area is 97.1 Å². The summed E-state index contributed by atoms with van der Waals surface area (Å²) in [6, 6.07) is 0. The van der Waals surface area contributed by atoms with Gasteiger partial charge in [-0.15, -0.1) is 0 Å². The Bertz CT molecular complexity index is 239. The molecule has 2 N–H and O–H groups in total. The number of hydrogen-bond donors (Lipinski definition) is 2. The summed E-state index contributed by atoms with van der Waals surface area (Å²) in [5, 5.41) is 6.09. The first-order valence-corrected chi connectivity index (χ1v) is 6.37. The molecule has 16 heavy (non-hydrogen) atoms. The molecule has 4 heteroatoms. The average Bonchev–Trinajstić information content (AvgIpc) is 2.41. The predicted octanol–water partition coefficient (Wildman–Crippen LogP) is 0.670. The van der Waals surface area contributed by atoms with Crippen LogP contribution in [0.5, 0.6) is 0 Å². The number of ether oxygens (including phenoxy) is 1. The maximum absolute atomic E-state index is 11.6. The van der Waals surface area contributed by atoms with Crippen molar-refractivity contribution in [1.82, 2.24) is 10.6 Å². The molecule has 1 unspecified atom stereocenters. The van der Waals surface area contributed by atoms with Crippen LogP contribution in [-0.4, -0.2) is 38.3 Å². The van der Waals surface area contributed by atoms with Crippen molar-refractivity contribution >= 4 is 5.91 Å². The molecule has 1 atom stereocenters. The smallest absolute Gasteiger partial charge is 0.249 e. The molecule has 4 nitrogen and oxygen atoms in total. The standard InChI is InChI=1S/C12H22N2O2/c1-13-8-9-6-10(7-9)16-11-4-2-3-5-14-12(11)15/h9-11,13H,2-8H2,1H3,(H,14,15).